The van der Waals surface area contributed by atoms with E-state index in [9.17, 15) is 4.79 Å². The fourth-order valence-electron chi connectivity index (χ4n) is 2.19. The summed E-state index contributed by atoms with van der Waals surface area (Å²) in [4.78, 5) is 16.1. The fraction of sp³-hybridized carbons (Fsp3) is 0.111. The van der Waals surface area contributed by atoms with Crippen LogP contribution < -0.4 is 5.32 Å². The van der Waals surface area contributed by atoms with Gasteiger partial charge in [0.05, 0.1) is 6.33 Å². The van der Waals surface area contributed by atoms with Crippen LogP contribution in [-0.4, -0.2) is 15.5 Å². The van der Waals surface area contributed by atoms with Crippen LogP contribution >= 0.6 is 0 Å². The average Bonchev–Trinajstić information content (AvgIpc) is 3.08. The minimum atomic E-state index is -0.0568. The first kappa shape index (κ1) is 14.1. The van der Waals surface area contributed by atoms with Crippen molar-refractivity contribution in [3.63, 3.8) is 0 Å². The zero-order valence-corrected chi connectivity index (χ0v) is 12.4. The van der Waals surface area contributed by atoms with Gasteiger partial charge in [-0.2, -0.15) is 0 Å². The van der Waals surface area contributed by atoms with Crippen LogP contribution in [0.5, 0.6) is 0 Å². The van der Waals surface area contributed by atoms with Crippen molar-refractivity contribution >= 4 is 5.91 Å². The Labute approximate surface area is 129 Å². The normalized spacial score (nSPS) is 10.4. The fourth-order valence-corrected chi connectivity index (χ4v) is 2.19. The first-order chi connectivity index (χ1) is 10.7. The number of amides is 1. The number of nitrogens with one attached hydrogen (secondary N) is 1. The molecule has 1 aromatic heterocycles. The van der Waals surface area contributed by atoms with Crippen molar-refractivity contribution < 1.29 is 4.79 Å². The standard InChI is InChI=1S/C18H17N3O/c1-14-2-6-16(7-3-14)18(22)20-12-15-4-8-17(9-5-15)21-11-10-19-13-21/h2-11,13H,12H2,1H3,(H,20,22). The van der Waals surface area contributed by atoms with Gasteiger partial charge in [-0.3, -0.25) is 4.79 Å². The predicted molar refractivity (Wildman–Crippen MR) is 85.9 cm³/mol. The van der Waals surface area contributed by atoms with Gasteiger partial charge in [-0.05, 0) is 36.8 Å². The van der Waals surface area contributed by atoms with Gasteiger partial charge in [0, 0.05) is 30.2 Å². The molecule has 0 aliphatic rings. The lowest BCUT2D eigenvalue weighted by atomic mass is 10.1. The number of hydrogen-bond acceptors (Lipinski definition) is 2. The van der Waals surface area contributed by atoms with Crippen LogP contribution in [0.1, 0.15) is 21.5 Å². The number of aryl methyl sites for hydroxylation is 1. The Hall–Kier alpha value is -2.88. The molecule has 4 heteroatoms. The summed E-state index contributed by atoms with van der Waals surface area (Å²) in [6.07, 6.45) is 5.40. The van der Waals surface area contributed by atoms with E-state index in [-0.39, 0.29) is 5.91 Å². The quantitative estimate of drug-likeness (QED) is 0.803. The Morgan fingerprint density at radius 2 is 1.82 bits per heavy atom. The molecule has 22 heavy (non-hydrogen) atoms. The van der Waals surface area contributed by atoms with E-state index < -0.39 is 0 Å². The van der Waals surface area contributed by atoms with Crippen molar-refractivity contribution in [3.05, 3.63) is 83.9 Å². The predicted octanol–water partition coefficient (Wildman–Crippen LogP) is 3.11. The van der Waals surface area contributed by atoms with Crippen molar-refractivity contribution in [2.75, 3.05) is 0 Å². The van der Waals surface area contributed by atoms with Crippen LogP contribution in [0.25, 0.3) is 5.69 Å². The minimum absolute atomic E-state index is 0.0568. The molecule has 1 amide bonds. The Kier molecular flexibility index (Phi) is 4.01. The molecule has 0 aliphatic carbocycles. The first-order valence-corrected chi connectivity index (χ1v) is 7.14. The molecule has 0 unspecified atom stereocenters. The second-order valence-corrected chi connectivity index (χ2v) is 5.19. The molecule has 0 bridgehead atoms. The smallest absolute Gasteiger partial charge is 0.251 e. The highest BCUT2D eigenvalue weighted by molar-refractivity contribution is 5.94. The average molecular weight is 291 g/mol. The molecular formula is C18H17N3O. The third-order valence-electron chi connectivity index (χ3n) is 3.51. The van der Waals surface area contributed by atoms with Crippen LogP contribution in [0.2, 0.25) is 0 Å². The van der Waals surface area contributed by atoms with Crippen LogP contribution in [-0.2, 0) is 6.54 Å². The third kappa shape index (κ3) is 3.23. The van der Waals surface area contributed by atoms with E-state index in [0.717, 1.165) is 16.8 Å². The van der Waals surface area contributed by atoms with E-state index in [4.69, 9.17) is 0 Å². The lowest BCUT2D eigenvalue weighted by Gasteiger charge is -2.07. The molecule has 0 atom stereocenters. The molecule has 0 aliphatic heterocycles. The number of carbonyl (C=O) groups excluding carboxylic acids is 1. The molecule has 0 saturated carbocycles. The summed E-state index contributed by atoms with van der Waals surface area (Å²) < 4.78 is 1.94. The van der Waals surface area contributed by atoms with Crippen LogP contribution in [0.3, 0.4) is 0 Å². The minimum Gasteiger partial charge on any atom is -0.348 e. The van der Waals surface area contributed by atoms with Crippen molar-refractivity contribution in [2.24, 2.45) is 0 Å². The van der Waals surface area contributed by atoms with Gasteiger partial charge in [0.1, 0.15) is 0 Å². The topological polar surface area (TPSA) is 46.9 Å². The Morgan fingerprint density at radius 3 is 2.45 bits per heavy atom. The Bertz CT molecular complexity index is 744. The highest BCUT2D eigenvalue weighted by Gasteiger charge is 2.04. The highest BCUT2D eigenvalue weighted by atomic mass is 16.1. The summed E-state index contributed by atoms with van der Waals surface area (Å²) in [5, 5.41) is 2.93. The molecule has 0 saturated heterocycles. The Morgan fingerprint density at radius 1 is 1.09 bits per heavy atom. The second kappa shape index (κ2) is 6.26. The molecule has 3 aromatic rings. The molecule has 4 nitrogen and oxygen atoms in total. The lowest BCUT2D eigenvalue weighted by Crippen LogP contribution is -2.22. The summed E-state index contributed by atoms with van der Waals surface area (Å²) in [6.45, 7) is 2.51. The Balaban J connectivity index is 1.61. The highest BCUT2D eigenvalue weighted by Crippen LogP contribution is 2.09. The van der Waals surface area contributed by atoms with E-state index in [1.807, 2.05) is 66.2 Å². The summed E-state index contributed by atoms with van der Waals surface area (Å²) in [7, 11) is 0. The van der Waals surface area contributed by atoms with Crippen molar-refractivity contribution in [1.29, 1.82) is 0 Å². The number of imidazole rings is 1. The van der Waals surface area contributed by atoms with Crippen LogP contribution in [0.4, 0.5) is 0 Å². The lowest BCUT2D eigenvalue weighted by molar-refractivity contribution is 0.0951. The summed E-state index contributed by atoms with van der Waals surface area (Å²) in [6, 6.07) is 15.6. The summed E-state index contributed by atoms with van der Waals surface area (Å²) in [5.41, 5.74) is 3.93. The van der Waals surface area contributed by atoms with Crippen LogP contribution in [0, 0.1) is 6.92 Å². The van der Waals surface area contributed by atoms with Gasteiger partial charge in [-0.15, -0.1) is 0 Å². The van der Waals surface area contributed by atoms with Crippen LogP contribution in [0.15, 0.2) is 67.3 Å². The number of hydrogen-bond donors (Lipinski definition) is 1. The van der Waals surface area contributed by atoms with Gasteiger partial charge in [-0.25, -0.2) is 4.98 Å². The maximum atomic E-state index is 12.1. The summed E-state index contributed by atoms with van der Waals surface area (Å²) in [5.74, 6) is -0.0568. The summed E-state index contributed by atoms with van der Waals surface area (Å²) >= 11 is 0. The number of carbonyl (C=O) groups is 1. The third-order valence-corrected chi connectivity index (χ3v) is 3.51. The molecule has 1 heterocycles. The van der Waals surface area contributed by atoms with E-state index in [1.54, 1.807) is 12.5 Å². The van der Waals surface area contributed by atoms with Gasteiger partial charge in [0.25, 0.3) is 5.91 Å². The zero-order chi connectivity index (χ0) is 15.4. The van der Waals surface area contributed by atoms with E-state index >= 15 is 0 Å². The van der Waals surface area contributed by atoms with Crippen molar-refractivity contribution in [2.45, 2.75) is 13.5 Å². The van der Waals surface area contributed by atoms with Gasteiger partial charge >= 0.3 is 0 Å². The number of nitrogens with zero attached hydrogens (tertiary/aromatic N) is 2. The maximum Gasteiger partial charge on any atom is 0.251 e. The first-order valence-electron chi connectivity index (χ1n) is 7.14. The van der Waals surface area contributed by atoms with E-state index in [2.05, 4.69) is 10.3 Å². The molecule has 0 spiro atoms. The van der Waals surface area contributed by atoms with Gasteiger partial charge in [0.15, 0.2) is 0 Å². The molecule has 0 radical (unpaired) electrons. The SMILES string of the molecule is Cc1ccc(C(=O)NCc2ccc(-n3ccnc3)cc2)cc1. The molecule has 0 fully saturated rings. The number of aromatic nitrogens is 2. The van der Waals surface area contributed by atoms with E-state index in [1.165, 1.54) is 0 Å². The molecule has 2 aromatic carbocycles. The zero-order valence-electron chi connectivity index (χ0n) is 12.4. The van der Waals surface area contributed by atoms with Gasteiger partial charge < -0.3 is 9.88 Å². The van der Waals surface area contributed by atoms with Crippen molar-refractivity contribution in [3.8, 4) is 5.69 Å². The van der Waals surface area contributed by atoms with Gasteiger partial charge in [-0.1, -0.05) is 29.8 Å². The monoisotopic (exact) mass is 291 g/mol. The second-order valence-electron chi connectivity index (χ2n) is 5.19. The molecular weight excluding hydrogens is 274 g/mol. The molecule has 110 valence electrons. The largest absolute Gasteiger partial charge is 0.348 e. The maximum absolute atomic E-state index is 12.1. The number of benzene rings is 2. The van der Waals surface area contributed by atoms with E-state index in [0.29, 0.717) is 12.1 Å². The number of rotatable bonds is 4. The van der Waals surface area contributed by atoms with Gasteiger partial charge in [0.2, 0.25) is 0 Å². The molecule has 1 N–H and O–H groups in total. The van der Waals surface area contributed by atoms with Crippen molar-refractivity contribution in [1.82, 2.24) is 14.9 Å². The molecule has 3 rings (SSSR count).